The second kappa shape index (κ2) is 6.39. The van der Waals surface area contributed by atoms with Crippen LogP contribution in [0.1, 0.15) is 22.5 Å². The van der Waals surface area contributed by atoms with Crippen LogP contribution in [0.4, 0.5) is 5.69 Å². The van der Waals surface area contributed by atoms with Crippen LogP contribution in [0.2, 0.25) is 0 Å². The van der Waals surface area contributed by atoms with E-state index in [1.54, 1.807) is 23.1 Å². The van der Waals surface area contributed by atoms with Crippen molar-refractivity contribution in [3.8, 4) is 0 Å². The molecule has 0 aliphatic carbocycles. The second-order valence-corrected chi connectivity index (χ2v) is 5.07. The van der Waals surface area contributed by atoms with E-state index >= 15 is 0 Å². The summed E-state index contributed by atoms with van der Waals surface area (Å²) in [7, 11) is 0. The van der Waals surface area contributed by atoms with Crippen LogP contribution in [-0.4, -0.2) is 30.0 Å². The molecule has 2 heterocycles. The summed E-state index contributed by atoms with van der Waals surface area (Å²) in [5.74, 6) is -0.796. The van der Waals surface area contributed by atoms with Crippen LogP contribution in [0.15, 0.2) is 48.7 Å². The van der Waals surface area contributed by atoms with E-state index in [0.29, 0.717) is 6.54 Å². The molecule has 22 heavy (non-hydrogen) atoms. The lowest BCUT2D eigenvalue weighted by atomic mass is 10.0. The standard InChI is InChI=1S/C17H16N2O3/c20-16(12-22-17(21)14-8-3-4-10-18-14)19-11-5-7-13-6-1-2-9-15(13)19/h1-4,6,8-10H,5,7,11-12H2. The number of carbonyl (C=O) groups is 2. The van der Waals surface area contributed by atoms with Gasteiger partial charge in [0.25, 0.3) is 5.91 Å². The normalized spacial score (nSPS) is 13.4. The Bertz CT molecular complexity index is 685. The number of ether oxygens (including phenoxy) is 1. The Morgan fingerprint density at radius 3 is 2.77 bits per heavy atom. The minimum Gasteiger partial charge on any atom is -0.451 e. The van der Waals surface area contributed by atoms with Crippen molar-refractivity contribution in [2.24, 2.45) is 0 Å². The number of carbonyl (C=O) groups excluding carboxylic acids is 2. The molecule has 0 bridgehead atoms. The molecule has 1 aromatic carbocycles. The molecule has 0 saturated carbocycles. The molecule has 2 aromatic rings. The number of aromatic nitrogens is 1. The monoisotopic (exact) mass is 296 g/mol. The Balaban J connectivity index is 1.65. The molecule has 1 aliphatic heterocycles. The summed E-state index contributed by atoms with van der Waals surface area (Å²) in [6.45, 7) is 0.376. The lowest BCUT2D eigenvalue weighted by molar-refractivity contribution is -0.121. The summed E-state index contributed by atoms with van der Waals surface area (Å²) in [4.78, 5) is 29.7. The number of para-hydroxylation sites is 1. The van der Waals surface area contributed by atoms with Gasteiger partial charge >= 0.3 is 5.97 Å². The molecule has 0 N–H and O–H groups in total. The second-order valence-electron chi connectivity index (χ2n) is 5.07. The van der Waals surface area contributed by atoms with Gasteiger partial charge in [0.15, 0.2) is 6.61 Å². The van der Waals surface area contributed by atoms with Crippen molar-refractivity contribution in [2.75, 3.05) is 18.1 Å². The van der Waals surface area contributed by atoms with Crippen LogP contribution >= 0.6 is 0 Å². The third-order valence-electron chi connectivity index (χ3n) is 3.61. The van der Waals surface area contributed by atoms with Crippen molar-refractivity contribution < 1.29 is 14.3 Å². The molecule has 5 heteroatoms. The van der Waals surface area contributed by atoms with Gasteiger partial charge in [-0.05, 0) is 36.6 Å². The average Bonchev–Trinajstić information content (AvgIpc) is 2.59. The van der Waals surface area contributed by atoms with Crippen molar-refractivity contribution in [3.63, 3.8) is 0 Å². The Morgan fingerprint density at radius 1 is 1.14 bits per heavy atom. The highest BCUT2D eigenvalue weighted by atomic mass is 16.5. The van der Waals surface area contributed by atoms with Gasteiger partial charge in [0.2, 0.25) is 0 Å². The van der Waals surface area contributed by atoms with Crippen molar-refractivity contribution in [1.29, 1.82) is 0 Å². The topological polar surface area (TPSA) is 59.5 Å². The number of hydrogen-bond donors (Lipinski definition) is 0. The summed E-state index contributed by atoms with van der Waals surface area (Å²) in [6, 6.07) is 12.8. The summed E-state index contributed by atoms with van der Waals surface area (Å²) >= 11 is 0. The highest BCUT2D eigenvalue weighted by Crippen LogP contribution is 2.26. The molecule has 0 atom stereocenters. The summed E-state index contributed by atoms with van der Waals surface area (Å²) in [6.07, 6.45) is 3.39. The number of aryl methyl sites for hydroxylation is 1. The third kappa shape index (κ3) is 2.98. The van der Waals surface area contributed by atoms with E-state index in [2.05, 4.69) is 4.98 Å². The Morgan fingerprint density at radius 2 is 1.95 bits per heavy atom. The molecule has 5 nitrogen and oxygen atoms in total. The van der Waals surface area contributed by atoms with E-state index < -0.39 is 5.97 Å². The minimum absolute atomic E-state index is 0.203. The maximum atomic E-state index is 12.3. The number of hydrogen-bond acceptors (Lipinski definition) is 4. The first-order chi connectivity index (χ1) is 10.8. The molecule has 1 amide bonds. The molecule has 0 unspecified atom stereocenters. The fraction of sp³-hybridized carbons (Fsp3) is 0.235. The molecule has 0 saturated heterocycles. The lowest BCUT2D eigenvalue weighted by Crippen LogP contribution is -2.38. The zero-order valence-corrected chi connectivity index (χ0v) is 12.1. The predicted molar refractivity (Wildman–Crippen MR) is 81.6 cm³/mol. The Labute approximate surface area is 128 Å². The van der Waals surface area contributed by atoms with Gasteiger partial charge in [-0.3, -0.25) is 4.79 Å². The maximum absolute atomic E-state index is 12.3. The number of nitrogens with zero attached hydrogens (tertiary/aromatic N) is 2. The molecule has 112 valence electrons. The number of rotatable bonds is 3. The Hall–Kier alpha value is -2.69. The van der Waals surface area contributed by atoms with Crippen molar-refractivity contribution in [2.45, 2.75) is 12.8 Å². The summed E-state index contributed by atoms with van der Waals surface area (Å²) in [5, 5.41) is 0. The van der Waals surface area contributed by atoms with Gasteiger partial charge in [0, 0.05) is 18.4 Å². The van der Waals surface area contributed by atoms with Crippen LogP contribution in [-0.2, 0) is 16.0 Å². The average molecular weight is 296 g/mol. The molecule has 0 fully saturated rings. The highest BCUT2D eigenvalue weighted by molar-refractivity contribution is 5.97. The van der Waals surface area contributed by atoms with E-state index in [1.807, 2.05) is 24.3 Å². The first kappa shape index (κ1) is 14.3. The number of amides is 1. The van der Waals surface area contributed by atoms with E-state index in [4.69, 9.17) is 4.74 Å². The summed E-state index contributed by atoms with van der Waals surface area (Å²) < 4.78 is 5.07. The highest BCUT2D eigenvalue weighted by Gasteiger charge is 2.23. The number of benzene rings is 1. The van der Waals surface area contributed by atoms with Gasteiger partial charge in [-0.1, -0.05) is 24.3 Å². The minimum atomic E-state index is -0.584. The third-order valence-corrected chi connectivity index (χ3v) is 3.61. The maximum Gasteiger partial charge on any atom is 0.357 e. The zero-order valence-electron chi connectivity index (χ0n) is 12.1. The SMILES string of the molecule is O=C(OCC(=O)N1CCCc2ccccc21)c1ccccn1. The van der Waals surface area contributed by atoms with Crippen molar-refractivity contribution in [1.82, 2.24) is 4.98 Å². The van der Waals surface area contributed by atoms with Crippen LogP contribution in [0, 0.1) is 0 Å². The number of anilines is 1. The molecule has 3 rings (SSSR count). The fourth-order valence-electron chi connectivity index (χ4n) is 2.56. The molecule has 1 aliphatic rings. The number of fused-ring (bicyclic) bond motifs is 1. The molecule has 1 aromatic heterocycles. The number of pyridine rings is 1. The van der Waals surface area contributed by atoms with Gasteiger partial charge < -0.3 is 9.64 Å². The van der Waals surface area contributed by atoms with Crippen LogP contribution in [0.3, 0.4) is 0 Å². The first-order valence-corrected chi connectivity index (χ1v) is 7.22. The van der Waals surface area contributed by atoms with E-state index in [0.717, 1.165) is 24.1 Å². The van der Waals surface area contributed by atoms with Gasteiger partial charge in [0.1, 0.15) is 5.69 Å². The largest absolute Gasteiger partial charge is 0.451 e. The number of esters is 1. The van der Waals surface area contributed by atoms with Gasteiger partial charge in [-0.15, -0.1) is 0 Å². The zero-order chi connectivity index (χ0) is 15.4. The van der Waals surface area contributed by atoms with Crippen LogP contribution in [0.5, 0.6) is 0 Å². The smallest absolute Gasteiger partial charge is 0.357 e. The van der Waals surface area contributed by atoms with Crippen molar-refractivity contribution in [3.05, 3.63) is 59.9 Å². The van der Waals surface area contributed by atoms with E-state index in [1.165, 1.54) is 6.20 Å². The van der Waals surface area contributed by atoms with Crippen molar-refractivity contribution >= 4 is 17.6 Å². The molecule has 0 spiro atoms. The molecular weight excluding hydrogens is 280 g/mol. The van der Waals surface area contributed by atoms with Gasteiger partial charge in [-0.25, -0.2) is 9.78 Å². The van der Waals surface area contributed by atoms with Gasteiger partial charge in [0.05, 0.1) is 0 Å². The van der Waals surface area contributed by atoms with E-state index in [9.17, 15) is 9.59 Å². The quantitative estimate of drug-likeness (QED) is 0.815. The van der Waals surface area contributed by atoms with Crippen LogP contribution in [0.25, 0.3) is 0 Å². The fourth-order valence-corrected chi connectivity index (χ4v) is 2.56. The molecular formula is C17H16N2O3. The van der Waals surface area contributed by atoms with Gasteiger partial charge in [-0.2, -0.15) is 0 Å². The van der Waals surface area contributed by atoms with Crippen LogP contribution < -0.4 is 4.90 Å². The Kier molecular flexibility index (Phi) is 4.14. The molecule has 0 radical (unpaired) electrons. The first-order valence-electron chi connectivity index (χ1n) is 7.22. The predicted octanol–water partition coefficient (Wildman–Crippen LogP) is 2.22. The summed E-state index contributed by atoms with van der Waals surface area (Å²) in [5.41, 5.74) is 2.26. The van der Waals surface area contributed by atoms with E-state index in [-0.39, 0.29) is 18.2 Å². The lowest BCUT2D eigenvalue weighted by Gasteiger charge is -2.29.